The van der Waals surface area contributed by atoms with Crippen LogP contribution < -0.4 is 5.73 Å². The van der Waals surface area contributed by atoms with E-state index in [-0.39, 0.29) is 6.04 Å². The van der Waals surface area contributed by atoms with E-state index in [1.807, 2.05) is 24.3 Å². The lowest BCUT2D eigenvalue weighted by molar-refractivity contribution is 0.239. The van der Waals surface area contributed by atoms with E-state index < -0.39 is 0 Å². The highest BCUT2D eigenvalue weighted by atomic mass is 35.5. The Labute approximate surface area is 115 Å². The van der Waals surface area contributed by atoms with Gasteiger partial charge in [0.2, 0.25) is 0 Å². The highest BCUT2D eigenvalue weighted by molar-refractivity contribution is 6.31. The average molecular weight is 267 g/mol. The molecule has 2 rings (SSSR count). The summed E-state index contributed by atoms with van der Waals surface area (Å²) in [6.45, 7) is 4.59. The van der Waals surface area contributed by atoms with Gasteiger partial charge >= 0.3 is 0 Å². The summed E-state index contributed by atoms with van der Waals surface area (Å²) in [6, 6.07) is 8.73. The number of nitrogens with zero attached hydrogens (tertiary/aromatic N) is 1. The van der Waals surface area contributed by atoms with Crippen LogP contribution in [0.15, 0.2) is 24.3 Å². The molecule has 0 saturated carbocycles. The topological polar surface area (TPSA) is 29.3 Å². The molecule has 2 atom stereocenters. The first kappa shape index (κ1) is 13.9. The van der Waals surface area contributed by atoms with Crippen molar-refractivity contribution < 1.29 is 0 Å². The summed E-state index contributed by atoms with van der Waals surface area (Å²) >= 11 is 6.18. The number of hydrogen-bond acceptors (Lipinski definition) is 2. The quantitative estimate of drug-likeness (QED) is 0.882. The van der Waals surface area contributed by atoms with Gasteiger partial charge in [-0.15, -0.1) is 0 Å². The third-order valence-corrected chi connectivity index (χ3v) is 4.35. The van der Waals surface area contributed by atoms with Crippen molar-refractivity contribution in [3.05, 3.63) is 34.9 Å². The Morgan fingerprint density at radius 2 is 2.22 bits per heavy atom. The Bertz CT molecular complexity index is 381. The molecule has 2 N–H and O–H groups in total. The molecule has 0 aliphatic carbocycles. The standard InChI is InChI=1S/C15H23ClN2/c1-2-12-6-5-10-18(12)11-9-15(17)13-7-3-4-8-14(13)16/h3-4,7-8,12,15H,2,5-6,9-11,17H2,1H3. The molecule has 100 valence electrons. The van der Waals surface area contributed by atoms with Crippen molar-refractivity contribution in [1.82, 2.24) is 4.90 Å². The van der Waals surface area contributed by atoms with Gasteiger partial charge < -0.3 is 10.6 Å². The van der Waals surface area contributed by atoms with Crippen LogP contribution in [0.2, 0.25) is 5.02 Å². The summed E-state index contributed by atoms with van der Waals surface area (Å²) in [4.78, 5) is 2.58. The fourth-order valence-corrected chi connectivity index (χ4v) is 3.16. The second kappa shape index (κ2) is 6.55. The molecule has 0 amide bonds. The number of benzene rings is 1. The van der Waals surface area contributed by atoms with Crippen molar-refractivity contribution in [3.63, 3.8) is 0 Å². The van der Waals surface area contributed by atoms with Crippen LogP contribution in [0.3, 0.4) is 0 Å². The van der Waals surface area contributed by atoms with E-state index in [9.17, 15) is 0 Å². The van der Waals surface area contributed by atoms with E-state index in [0.717, 1.165) is 29.6 Å². The second-order valence-corrected chi connectivity index (χ2v) is 5.56. The molecule has 18 heavy (non-hydrogen) atoms. The first-order valence-electron chi connectivity index (χ1n) is 6.96. The summed E-state index contributed by atoms with van der Waals surface area (Å²) in [5.41, 5.74) is 7.33. The van der Waals surface area contributed by atoms with Crippen LogP contribution in [-0.4, -0.2) is 24.0 Å². The van der Waals surface area contributed by atoms with Gasteiger partial charge in [0.25, 0.3) is 0 Å². The van der Waals surface area contributed by atoms with Crippen LogP contribution in [0.25, 0.3) is 0 Å². The summed E-state index contributed by atoms with van der Waals surface area (Å²) in [7, 11) is 0. The first-order valence-corrected chi connectivity index (χ1v) is 7.34. The van der Waals surface area contributed by atoms with E-state index in [2.05, 4.69) is 11.8 Å². The molecule has 1 aliphatic rings. The number of likely N-dealkylation sites (tertiary alicyclic amines) is 1. The minimum atomic E-state index is 0.0526. The highest BCUT2D eigenvalue weighted by Gasteiger charge is 2.23. The zero-order chi connectivity index (χ0) is 13.0. The van der Waals surface area contributed by atoms with Gasteiger partial charge in [0.15, 0.2) is 0 Å². The fraction of sp³-hybridized carbons (Fsp3) is 0.600. The molecule has 1 aliphatic heterocycles. The third kappa shape index (κ3) is 3.25. The van der Waals surface area contributed by atoms with Gasteiger partial charge in [0.1, 0.15) is 0 Å². The SMILES string of the molecule is CCC1CCCN1CCC(N)c1ccccc1Cl. The van der Waals surface area contributed by atoms with Crippen LogP contribution in [0, 0.1) is 0 Å². The largest absolute Gasteiger partial charge is 0.324 e. The van der Waals surface area contributed by atoms with Crippen molar-refractivity contribution in [3.8, 4) is 0 Å². The Hall–Kier alpha value is -0.570. The number of hydrogen-bond donors (Lipinski definition) is 1. The summed E-state index contributed by atoms with van der Waals surface area (Å²) < 4.78 is 0. The molecule has 2 nitrogen and oxygen atoms in total. The van der Waals surface area contributed by atoms with Crippen molar-refractivity contribution in [2.75, 3.05) is 13.1 Å². The van der Waals surface area contributed by atoms with Gasteiger partial charge in [-0.1, -0.05) is 36.7 Å². The molecule has 1 fully saturated rings. The molecule has 0 aromatic heterocycles. The third-order valence-electron chi connectivity index (χ3n) is 4.00. The van der Waals surface area contributed by atoms with Crippen LogP contribution in [-0.2, 0) is 0 Å². The van der Waals surface area contributed by atoms with Crippen LogP contribution in [0.1, 0.15) is 44.2 Å². The zero-order valence-corrected chi connectivity index (χ0v) is 11.9. The fourth-order valence-electron chi connectivity index (χ4n) is 2.89. The normalized spacial score (nSPS) is 22.3. The van der Waals surface area contributed by atoms with E-state index in [1.165, 1.54) is 25.8 Å². The van der Waals surface area contributed by atoms with Crippen LogP contribution in [0.4, 0.5) is 0 Å². The maximum atomic E-state index is 6.25. The zero-order valence-electron chi connectivity index (χ0n) is 11.1. The number of halogens is 1. The van der Waals surface area contributed by atoms with Gasteiger partial charge in [-0.25, -0.2) is 0 Å². The Kier molecular flexibility index (Phi) is 5.04. The van der Waals surface area contributed by atoms with Gasteiger partial charge in [0.05, 0.1) is 0 Å². The van der Waals surface area contributed by atoms with E-state index in [4.69, 9.17) is 17.3 Å². The molecule has 1 saturated heterocycles. The minimum absolute atomic E-state index is 0.0526. The van der Waals surface area contributed by atoms with Gasteiger partial charge in [0, 0.05) is 23.7 Å². The first-order chi connectivity index (χ1) is 8.72. The predicted octanol–water partition coefficient (Wildman–Crippen LogP) is 3.60. The molecule has 2 unspecified atom stereocenters. The molecule has 0 bridgehead atoms. The van der Waals surface area contributed by atoms with Crippen molar-refractivity contribution >= 4 is 11.6 Å². The molecule has 1 heterocycles. The summed E-state index contributed by atoms with van der Waals surface area (Å²) in [5, 5.41) is 0.790. The Balaban J connectivity index is 1.88. The summed E-state index contributed by atoms with van der Waals surface area (Å²) in [5.74, 6) is 0. The van der Waals surface area contributed by atoms with Crippen LogP contribution >= 0.6 is 11.6 Å². The minimum Gasteiger partial charge on any atom is -0.324 e. The molecule has 1 aromatic carbocycles. The Morgan fingerprint density at radius 3 is 2.94 bits per heavy atom. The van der Waals surface area contributed by atoms with Gasteiger partial charge in [-0.05, 0) is 43.9 Å². The van der Waals surface area contributed by atoms with E-state index in [1.54, 1.807) is 0 Å². The second-order valence-electron chi connectivity index (χ2n) is 5.16. The monoisotopic (exact) mass is 266 g/mol. The van der Waals surface area contributed by atoms with E-state index >= 15 is 0 Å². The maximum Gasteiger partial charge on any atom is 0.0453 e. The highest BCUT2D eigenvalue weighted by Crippen LogP contribution is 2.25. The van der Waals surface area contributed by atoms with E-state index in [0.29, 0.717) is 0 Å². The van der Waals surface area contributed by atoms with Crippen molar-refractivity contribution in [1.29, 1.82) is 0 Å². The van der Waals surface area contributed by atoms with Crippen molar-refractivity contribution in [2.45, 2.75) is 44.7 Å². The molecule has 1 aromatic rings. The molecular weight excluding hydrogens is 244 g/mol. The van der Waals surface area contributed by atoms with Crippen molar-refractivity contribution in [2.24, 2.45) is 5.73 Å². The molecule has 0 radical (unpaired) electrons. The average Bonchev–Trinajstić information content (AvgIpc) is 2.84. The lowest BCUT2D eigenvalue weighted by Gasteiger charge is -2.25. The Morgan fingerprint density at radius 1 is 1.44 bits per heavy atom. The molecule has 3 heteroatoms. The lowest BCUT2D eigenvalue weighted by atomic mass is 10.0. The number of rotatable bonds is 5. The summed E-state index contributed by atoms with van der Waals surface area (Å²) in [6.07, 6.45) is 4.92. The molecule has 0 spiro atoms. The maximum absolute atomic E-state index is 6.25. The predicted molar refractivity (Wildman–Crippen MR) is 77.9 cm³/mol. The van der Waals surface area contributed by atoms with Gasteiger partial charge in [-0.3, -0.25) is 0 Å². The van der Waals surface area contributed by atoms with Crippen LogP contribution in [0.5, 0.6) is 0 Å². The smallest absolute Gasteiger partial charge is 0.0453 e. The lowest BCUT2D eigenvalue weighted by Crippen LogP contribution is -2.31. The van der Waals surface area contributed by atoms with Gasteiger partial charge in [-0.2, -0.15) is 0 Å². The molecular formula is C15H23ClN2. The number of nitrogens with two attached hydrogens (primary N) is 1.